The molecule has 0 aliphatic carbocycles. The van der Waals surface area contributed by atoms with Gasteiger partial charge in [0.25, 0.3) is 5.91 Å². The normalized spacial score (nSPS) is 11.8. The number of benzene rings is 1. The van der Waals surface area contributed by atoms with Gasteiger partial charge in [0.1, 0.15) is 12.0 Å². The van der Waals surface area contributed by atoms with E-state index in [1.165, 1.54) is 0 Å². The van der Waals surface area contributed by atoms with Gasteiger partial charge < -0.3 is 10.1 Å². The van der Waals surface area contributed by atoms with E-state index in [4.69, 9.17) is 4.74 Å². The fraction of sp³-hybridized carbons (Fsp3) is 0.429. The van der Waals surface area contributed by atoms with E-state index >= 15 is 0 Å². The van der Waals surface area contributed by atoms with Crippen molar-refractivity contribution < 1.29 is 14.3 Å². The van der Waals surface area contributed by atoms with Gasteiger partial charge >= 0.3 is 0 Å². The molecule has 0 saturated heterocycles. The van der Waals surface area contributed by atoms with Crippen molar-refractivity contribution in [2.24, 2.45) is 0 Å². The lowest BCUT2D eigenvalue weighted by atomic mass is 10.2. The summed E-state index contributed by atoms with van der Waals surface area (Å²) in [6.07, 6.45) is 2.11. The monoisotopic (exact) mass is 405 g/mol. The van der Waals surface area contributed by atoms with Gasteiger partial charge in [-0.3, -0.25) is 9.59 Å². The molecule has 110 valence electrons. The largest absolute Gasteiger partial charge is 0.479 e. The smallest absolute Gasteiger partial charge is 0.260 e. The van der Waals surface area contributed by atoms with E-state index in [1.54, 1.807) is 19.1 Å². The van der Waals surface area contributed by atoms with Crippen LogP contribution in [0.4, 0.5) is 0 Å². The highest BCUT2D eigenvalue weighted by Gasteiger charge is 2.17. The van der Waals surface area contributed by atoms with Gasteiger partial charge in [0, 0.05) is 12.1 Å². The van der Waals surface area contributed by atoms with Crippen molar-refractivity contribution >= 4 is 44.1 Å². The van der Waals surface area contributed by atoms with E-state index in [9.17, 15) is 9.59 Å². The highest BCUT2D eigenvalue weighted by Crippen LogP contribution is 2.35. The van der Waals surface area contributed by atoms with E-state index in [2.05, 4.69) is 44.1 Å². The first-order valence-corrected chi connectivity index (χ1v) is 7.96. The molecule has 0 radical (unpaired) electrons. The summed E-state index contributed by atoms with van der Waals surface area (Å²) in [7, 11) is 0. The van der Waals surface area contributed by atoms with E-state index in [0.717, 1.165) is 19.1 Å². The predicted octanol–water partition coefficient (Wildman–Crippen LogP) is 3.71. The zero-order valence-corrected chi connectivity index (χ0v) is 14.6. The molecule has 0 aromatic heterocycles. The molecule has 1 aromatic rings. The van der Waals surface area contributed by atoms with Gasteiger partial charge in [-0.25, -0.2) is 0 Å². The summed E-state index contributed by atoms with van der Waals surface area (Å²) in [5, 5.41) is 2.81. The second-order valence-corrected chi connectivity index (χ2v) is 6.04. The molecule has 1 N–H and O–H groups in total. The molecule has 20 heavy (non-hydrogen) atoms. The Morgan fingerprint density at radius 3 is 2.50 bits per heavy atom. The summed E-state index contributed by atoms with van der Waals surface area (Å²) in [6.45, 7) is 4.40. The second kappa shape index (κ2) is 8.42. The van der Waals surface area contributed by atoms with Gasteiger partial charge in [-0.15, -0.1) is 0 Å². The molecular weight excluding hydrogens is 390 g/mol. The zero-order chi connectivity index (χ0) is 15.1. The van der Waals surface area contributed by atoms with Gasteiger partial charge in [0.2, 0.25) is 0 Å². The summed E-state index contributed by atoms with van der Waals surface area (Å²) in [5.41, 5.74) is 0.524. The molecular formula is C14H17Br2NO3. The Hall–Kier alpha value is -0.880. The van der Waals surface area contributed by atoms with Crippen molar-refractivity contribution in [3.05, 3.63) is 26.6 Å². The molecule has 0 bridgehead atoms. The van der Waals surface area contributed by atoms with Crippen molar-refractivity contribution in [3.8, 4) is 5.75 Å². The van der Waals surface area contributed by atoms with Crippen LogP contribution in [0.3, 0.4) is 0 Å². The van der Waals surface area contributed by atoms with Crippen molar-refractivity contribution in [1.29, 1.82) is 0 Å². The number of aldehydes is 1. The van der Waals surface area contributed by atoms with Gasteiger partial charge in [0.05, 0.1) is 8.95 Å². The minimum absolute atomic E-state index is 0.156. The average molecular weight is 407 g/mol. The van der Waals surface area contributed by atoms with Crippen molar-refractivity contribution in [2.75, 3.05) is 6.54 Å². The number of unbranched alkanes of at least 4 members (excludes halogenated alkanes) is 1. The van der Waals surface area contributed by atoms with E-state index in [0.29, 0.717) is 26.8 Å². The number of halogens is 2. The Labute approximate surface area is 135 Å². The first-order valence-electron chi connectivity index (χ1n) is 6.38. The van der Waals surface area contributed by atoms with Gasteiger partial charge in [-0.05, 0) is 57.3 Å². The summed E-state index contributed by atoms with van der Waals surface area (Å²) in [6, 6.07) is 3.30. The standard InChI is InChI=1S/C14H17Br2NO3/c1-3-4-5-17-14(19)9(2)20-13-11(15)6-10(8-18)7-12(13)16/h6-9H,3-5H2,1-2H3,(H,17,19). The maximum absolute atomic E-state index is 11.8. The maximum Gasteiger partial charge on any atom is 0.260 e. The number of hydrogen-bond acceptors (Lipinski definition) is 3. The molecule has 0 saturated carbocycles. The molecule has 0 fully saturated rings. The maximum atomic E-state index is 11.8. The molecule has 1 rings (SSSR count). The molecule has 0 aliphatic rings. The van der Waals surface area contributed by atoms with Crippen LogP contribution in [0.25, 0.3) is 0 Å². The lowest BCUT2D eigenvalue weighted by Crippen LogP contribution is -2.36. The molecule has 0 aliphatic heterocycles. The molecule has 1 unspecified atom stereocenters. The summed E-state index contributed by atoms with van der Waals surface area (Å²) in [4.78, 5) is 22.6. The van der Waals surface area contributed by atoms with Crippen LogP contribution in [0.5, 0.6) is 5.75 Å². The van der Waals surface area contributed by atoms with E-state index in [1.807, 2.05) is 0 Å². The molecule has 1 atom stereocenters. The lowest BCUT2D eigenvalue weighted by molar-refractivity contribution is -0.127. The van der Waals surface area contributed by atoms with Crippen molar-refractivity contribution in [2.45, 2.75) is 32.8 Å². The van der Waals surface area contributed by atoms with Crippen LogP contribution in [-0.2, 0) is 4.79 Å². The van der Waals surface area contributed by atoms with Gasteiger partial charge in [-0.2, -0.15) is 0 Å². The van der Waals surface area contributed by atoms with Crippen molar-refractivity contribution in [1.82, 2.24) is 5.32 Å². The third-order valence-electron chi connectivity index (χ3n) is 2.65. The highest BCUT2D eigenvalue weighted by atomic mass is 79.9. The van der Waals surface area contributed by atoms with Crippen LogP contribution >= 0.6 is 31.9 Å². The molecule has 6 heteroatoms. The van der Waals surface area contributed by atoms with Crippen LogP contribution in [0.1, 0.15) is 37.0 Å². The quantitative estimate of drug-likeness (QED) is 0.554. The van der Waals surface area contributed by atoms with Crippen molar-refractivity contribution in [3.63, 3.8) is 0 Å². The van der Waals surface area contributed by atoms with Gasteiger partial charge in [-0.1, -0.05) is 13.3 Å². The third-order valence-corrected chi connectivity index (χ3v) is 3.83. The molecule has 1 aromatic carbocycles. The average Bonchev–Trinajstić information content (AvgIpc) is 2.42. The number of hydrogen-bond donors (Lipinski definition) is 1. The number of carbonyl (C=O) groups excluding carboxylic acids is 2. The minimum Gasteiger partial charge on any atom is -0.479 e. The fourth-order valence-electron chi connectivity index (χ4n) is 1.52. The van der Waals surface area contributed by atoms with Crippen LogP contribution < -0.4 is 10.1 Å². The Morgan fingerprint density at radius 1 is 1.40 bits per heavy atom. The molecule has 4 nitrogen and oxygen atoms in total. The summed E-state index contributed by atoms with van der Waals surface area (Å²) < 4.78 is 6.90. The topological polar surface area (TPSA) is 55.4 Å². The number of rotatable bonds is 7. The minimum atomic E-state index is -0.610. The summed E-state index contributed by atoms with van der Waals surface area (Å²) in [5.74, 6) is 0.352. The van der Waals surface area contributed by atoms with Gasteiger partial charge in [0.15, 0.2) is 6.10 Å². The molecule has 1 amide bonds. The fourth-order valence-corrected chi connectivity index (χ4v) is 2.93. The first-order chi connectivity index (χ1) is 9.49. The zero-order valence-electron chi connectivity index (χ0n) is 11.4. The Bertz CT molecular complexity index is 468. The number of amides is 1. The second-order valence-electron chi connectivity index (χ2n) is 4.34. The Balaban J connectivity index is 2.72. The summed E-state index contributed by atoms with van der Waals surface area (Å²) >= 11 is 6.67. The molecule has 0 heterocycles. The van der Waals surface area contributed by atoms with Crippen LogP contribution in [0.15, 0.2) is 21.1 Å². The van der Waals surface area contributed by atoms with Crippen LogP contribution in [-0.4, -0.2) is 24.8 Å². The first kappa shape index (κ1) is 17.2. The van der Waals surface area contributed by atoms with E-state index < -0.39 is 6.10 Å². The number of nitrogens with one attached hydrogen (secondary N) is 1. The van der Waals surface area contributed by atoms with Crippen LogP contribution in [0.2, 0.25) is 0 Å². The predicted molar refractivity (Wildman–Crippen MR) is 85.2 cm³/mol. The lowest BCUT2D eigenvalue weighted by Gasteiger charge is -2.17. The number of carbonyl (C=O) groups is 2. The highest BCUT2D eigenvalue weighted by molar-refractivity contribution is 9.11. The van der Waals surface area contributed by atoms with E-state index in [-0.39, 0.29) is 5.91 Å². The molecule has 0 spiro atoms. The van der Waals surface area contributed by atoms with Crippen LogP contribution in [0, 0.1) is 0 Å². The Morgan fingerprint density at radius 2 is 2.00 bits per heavy atom. The SMILES string of the molecule is CCCCNC(=O)C(C)Oc1c(Br)cc(C=O)cc1Br. The third kappa shape index (κ3) is 4.90. The Kier molecular flexibility index (Phi) is 7.23. The number of ether oxygens (including phenoxy) is 1.